The molecule has 0 spiro atoms. The standard InChI is InChI=1S/C13H28N4O3/c1-8(2)11(15-4)12(19)17-10(9(3)18)6-5-7-16-13(14)20/h8,10-11,13,15-16,20H,5-7,14H2,1-4H3,(H,17,19). The molecule has 0 aromatic rings. The van der Waals surface area contributed by atoms with Gasteiger partial charge in [0.25, 0.3) is 0 Å². The average Bonchev–Trinajstić information content (AvgIpc) is 2.32. The van der Waals surface area contributed by atoms with E-state index >= 15 is 0 Å². The molecule has 7 nitrogen and oxygen atoms in total. The third-order valence-electron chi connectivity index (χ3n) is 3.09. The van der Waals surface area contributed by atoms with E-state index in [1.807, 2.05) is 13.8 Å². The summed E-state index contributed by atoms with van der Waals surface area (Å²) in [6.45, 7) is 5.82. The number of aliphatic hydroxyl groups excluding tert-OH is 1. The second-order valence-corrected chi connectivity index (χ2v) is 5.22. The molecule has 0 bridgehead atoms. The first-order valence-corrected chi connectivity index (χ1v) is 6.94. The van der Waals surface area contributed by atoms with Crippen molar-refractivity contribution in [2.75, 3.05) is 13.6 Å². The molecular weight excluding hydrogens is 260 g/mol. The first-order valence-electron chi connectivity index (χ1n) is 6.94. The van der Waals surface area contributed by atoms with Gasteiger partial charge in [-0.15, -0.1) is 0 Å². The topological polar surface area (TPSA) is 116 Å². The van der Waals surface area contributed by atoms with Crippen LogP contribution >= 0.6 is 0 Å². The fourth-order valence-electron chi connectivity index (χ4n) is 1.96. The fraction of sp³-hybridized carbons (Fsp3) is 0.846. The minimum atomic E-state index is -1.06. The first kappa shape index (κ1) is 19.0. The highest BCUT2D eigenvalue weighted by atomic mass is 16.3. The lowest BCUT2D eigenvalue weighted by Gasteiger charge is -2.23. The number of ketones is 1. The van der Waals surface area contributed by atoms with Crippen LogP contribution in [0.5, 0.6) is 0 Å². The number of hydrogen-bond acceptors (Lipinski definition) is 6. The van der Waals surface area contributed by atoms with Crippen molar-refractivity contribution in [1.29, 1.82) is 0 Å². The van der Waals surface area contributed by atoms with E-state index in [4.69, 9.17) is 10.8 Å². The van der Waals surface area contributed by atoms with Crippen LogP contribution in [-0.4, -0.2) is 48.8 Å². The fourth-order valence-corrected chi connectivity index (χ4v) is 1.96. The molecule has 0 aromatic carbocycles. The van der Waals surface area contributed by atoms with Crippen LogP contribution in [0.2, 0.25) is 0 Å². The second-order valence-electron chi connectivity index (χ2n) is 5.22. The third-order valence-corrected chi connectivity index (χ3v) is 3.09. The Morgan fingerprint density at radius 1 is 1.30 bits per heavy atom. The van der Waals surface area contributed by atoms with Crippen LogP contribution in [0.3, 0.4) is 0 Å². The Hall–Kier alpha value is -1.02. The van der Waals surface area contributed by atoms with Crippen LogP contribution < -0.4 is 21.7 Å². The normalized spacial score (nSPS) is 15.8. The Morgan fingerprint density at radius 3 is 2.30 bits per heavy atom. The molecule has 0 saturated carbocycles. The van der Waals surface area contributed by atoms with Gasteiger partial charge >= 0.3 is 0 Å². The summed E-state index contributed by atoms with van der Waals surface area (Å²) in [5, 5.41) is 17.2. The predicted molar refractivity (Wildman–Crippen MR) is 77.7 cm³/mol. The Kier molecular flexibility index (Phi) is 9.32. The van der Waals surface area contributed by atoms with Gasteiger partial charge in [-0.25, -0.2) is 0 Å². The molecule has 118 valence electrons. The number of likely N-dealkylation sites (N-methyl/N-ethyl adjacent to an activating group) is 1. The van der Waals surface area contributed by atoms with Gasteiger partial charge in [-0.2, -0.15) is 0 Å². The van der Waals surface area contributed by atoms with Gasteiger partial charge in [0.05, 0.1) is 12.1 Å². The van der Waals surface area contributed by atoms with Crippen LogP contribution in [-0.2, 0) is 9.59 Å². The van der Waals surface area contributed by atoms with Crippen molar-refractivity contribution in [2.24, 2.45) is 11.7 Å². The van der Waals surface area contributed by atoms with Gasteiger partial charge in [0.2, 0.25) is 5.91 Å². The van der Waals surface area contributed by atoms with Crippen LogP contribution in [0.25, 0.3) is 0 Å². The van der Waals surface area contributed by atoms with Gasteiger partial charge in [-0.1, -0.05) is 13.8 Å². The van der Waals surface area contributed by atoms with Gasteiger partial charge in [0.1, 0.15) is 0 Å². The van der Waals surface area contributed by atoms with Crippen molar-refractivity contribution < 1.29 is 14.7 Å². The smallest absolute Gasteiger partial charge is 0.237 e. The first-order chi connectivity index (χ1) is 9.29. The monoisotopic (exact) mass is 288 g/mol. The summed E-state index contributed by atoms with van der Waals surface area (Å²) in [5.74, 6) is -0.110. The zero-order chi connectivity index (χ0) is 15.7. The van der Waals surface area contributed by atoms with Gasteiger partial charge in [0.15, 0.2) is 12.1 Å². The predicted octanol–water partition coefficient (Wildman–Crippen LogP) is -1.09. The summed E-state index contributed by atoms with van der Waals surface area (Å²) in [6, 6.07) is -0.824. The SMILES string of the molecule is CNC(C(=O)NC(CCCNC(N)O)C(C)=O)C(C)C. The lowest BCUT2D eigenvalue weighted by atomic mass is 10.0. The molecule has 1 amide bonds. The summed E-state index contributed by atoms with van der Waals surface area (Å²) >= 11 is 0. The molecule has 7 heteroatoms. The maximum Gasteiger partial charge on any atom is 0.237 e. The number of nitrogens with one attached hydrogen (secondary N) is 3. The molecule has 0 aliphatic heterocycles. The molecule has 0 heterocycles. The highest BCUT2D eigenvalue weighted by molar-refractivity contribution is 5.89. The molecule has 6 N–H and O–H groups in total. The molecule has 3 unspecified atom stereocenters. The zero-order valence-electron chi connectivity index (χ0n) is 12.8. The Bertz CT molecular complexity index is 308. The van der Waals surface area contributed by atoms with Gasteiger partial charge in [-0.3, -0.25) is 20.6 Å². The molecule has 0 fully saturated rings. The Labute approximate surface area is 120 Å². The van der Waals surface area contributed by atoms with E-state index < -0.39 is 12.4 Å². The number of hydrogen-bond donors (Lipinski definition) is 5. The van der Waals surface area contributed by atoms with E-state index in [1.165, 1.54) is 6.92 Å². The highest BCUT2D eigenvalue weighted by Gasteiger charge is 2.24. The van der Waals surface area contributed by atoms with Gasteiger partial charge in [0, 0.05) is 0 Å². The molecule has 0 radical (unpaired) electrons. The molecular formula is C13H28N4O3. The summed E-state index contributed by atoms with van der Waals surface area (Å²) in [5.41, 5.74) is 5.14. The van der Waals surface area contributed by atoms with E-state index in [-0.39, 0.29) is 23.7 Å². The average molecular weight is 288 g/mol. The minimum Gasteiger partial charge on any atom is -0.366 e. The van der Waals surface area contributed by atoms with Gasteiger partial charge in [-0.05, 0) is 39.3 Å². The lowest BCUT2D eigenvalue weighted by molar-refractivity contribution is -0.129. The van der Waals surface area contributed by atoms with E-state index in [0.29, 0.717) is 19.4 Å². The maximum absolute atomic E-state index is 12.1. The molecule has 0 aliphatic carbocycles. The number of nitrogens with two attached hydrogens (primary N) is 1. The van der Waals surface area contributed by atoms with E-state index in [1.54, 1.807) is 7.05 Å². The van der Waals surface area contributed by atoms with Crippen LogP contribution in [0, 0.1) is 5.92 Å². The van der Waals surface area contributed by atoms with Crippen LogP contribution in [0.4, 0.5) is 0 Å². The molecule has 20 heavy (non-hydrogen) atoms. The molecule has 0 rings (SSSR count). The van der Waals surface area contributed by atoms with Gasteiger partial charge < -0.3 is 15.7 Å². The Morgan fingerprint density at radius 2 is 1.90 bits per heavy atom. The molecule has 0 aromatic heterocycles. The Balaban J connectivity index is 4.33. The number of Topliss-reactive ketones (excluding diaryl/α,β-unsaturated/α-hetero) is 1. The maximum atomic E-state index is 12.1. The van der Waals surface area contributed by atoms with Crippen LogP contribution in [0.1, 0.15) is 33.6 Å². The van der Waals surface area contributed by atoms with Crippen LogP contribution in [0.15, 0.2) is 0 Å². The van der Waals surface area contributed by atoms with Crippen molar-refractivity contribution in [3.8, 4) is 0 Å². The molecule has 0 saturated heterocycles. The highest BCUT2D eigenvalue weighted by Crippen LogP contribution is 2.04. The molecule has 3 atom stereocenters. The van der Waals surface area contributed by atoms with Crippen molar-refractivity contribution in [3.63, 3.8) is 0 Å². The number of amides is 1. The van der Waals surface area contributed by atoms with Crippen molar-refractivity contribution in [1.82, 2.24) is 16.0 Å². The van der Waals surface area contributed by atoms with E-state index in [2.05, 4.69) is 16.0 Å². The largest absolute Gasteiger partial charge is 0.366 e. The summed E-state index contributed by atoms with van der Waals surface area (Å²) in [4.78, 5) is 23.6. The number of carbonyl (C=O) groups excluding carboxylic acids is 2. The number of aliphatic hydroxyl groups is 1. The third kappa shape index (κ3) is 7.54. The van der Waals surface area contributed by atoms with Crippen molar-refractivity contribution >= 4 is 11.7 Å². The van der Waals surface area contributed by atoms with E-state index in [9.17, 15) is 9.59 Å². The minimum absolute atomic E-state index is 0.0785. The lowest BCUT2D eigenvalue weighted by Crippen LogP contribution is -2.51. The second kappa shape index (κ2) is 9.82. The van der Waals surface area contributed by atoms with Crippen molar-refractivity contribution in [2.45, 2.75) is 52.0 Å². The molecule has 0 aliphatic rings. The summed E-state index contributed by atoms with van der Waals surface area (Å²) < 4.78 is 0. The quantitative estimate of drug-likeness (QED) is 0.258. The summed E-state index contributed by atoms with van der Waals surface area (Å²) in [6.07, 6.45) is 0.0787. The van der Waals surface area contributed by atoms with Crippen molar-refractivity contribution in [3.05, 3.63) is 0 Å². The number of carbonyl (C=O) groups is 2. The summed E-state index contributed by atoms with van der Waals surface area (Å²) in [7, 11) is 1.72. The zero-order valence-corrected chi connectivity index (χ0v) is 12.8. The number of rotatable bonds is 10. The van der Waals surface area contributed by atoms with E-state index in [0.717, 1.165) is 0 Å².